The lowest BCUT2D eigenvalue weighted by molar-refractivity contribution is -0.165. The Morgan fingerprint density at radius 2 is 0.623 bits per heavy atom. The van der Waals surface area contributed by atoms with Crippen LogP contribution in [0.3, 0.4) is 0 Å². The lowest BCUT2D eigenvalue weighted by Gasteiger charge is -2.22. The number of ether oxygens (including phenoxy) is 14. The van der Waals surface area contributed by atoms with E-state index in [0.29, 0.717) is 79.8 Å². The third-order valence-corrected chi connectivity index (χ3v) is 17.3. The predicted molar refractivity (Wildman–Crippen MR) is 486 cm³/mol. The van der Waals surface area contributed by atoms with E-state index in [4.69, 9.17) is 62.1 Å². The summed E-state index contributed by atoms with van der Waals surface area (Å²) in [7, 11) is 0. The molecule has 9 aromatic carbocycles. The fraction of sp³-hybridized carbons (Fsp3) is 0.260. The highest BCUT2D eigenvalue weighted by molar-refractivity contribution is 5.94. The van der Waals surface area contributed by atoms with Gasteiger partial charge in [0.2, 0.25) is 34.0 Å². The highest BCUT2D eigenvalue weighted by atomic mass is 19.4. The van der Waals surface area contributed by atoms with Crippen molar-refractivity contribution in [2.45, 2.75) is 145 Å². The zero-order chi connectivity index (χ0) is 87.3. The molecule has 1 aliphatic rings. The van der Waals surface area contributed by atoms with E-state index in [0.717, 1.165) is 63.8 Å². The molecular formula is C100H115F6NO23. The highest BCUT2D eigenvalue weighted by Gasteiger charge is 2.49. The van der Waals surface area contributed by atoms with Crippen molar-refractivity contribution in [3.63, 3.8) is 0 Å². The van der Waals surface area contributed by atoms with Crippen LogP contribution in [0.4, 0.5) is 26.3 Å². The number of hydrogen-bond acceptors (Lipinski definition) is 24. The van der Waals surface area contributed by atoms with Crippen molar-refractivity contribution in [1.29, 1.82) is 5.26 Å². The van der Waals surface area contributed by atoms with E-state index >= 15 is 0 Å². The molecule has 700 valence electrons. The van der Waals surface area contributed by atoms with Crippen LogP contribution < -0.4 is 42.6 Å². The molecule has 0 heterocycles. The van der Waals surface area contributed by atoms with Gasteiger partial charge in [-0.3, -0.25) is 9.59 Å². The van der Waals surface area contributed by atoms with Crippen molar-refractivity contribution < 1.29 is 136 Å². The van der Waals surface area contributed by atoms with Crippen LogP contribution in [-0.4, -0.2) is 87.7 Å². The van der Waals surface area contributed by atoms with Gasteiger partial charge in [0.15, 0.2) is 0 Å². The first-order valence-corrected chi connectivity index (χ1v) is 35.8. The number of aryl methyl sites for hydroxylation is 4. The van der Waals surface area contributed by atoms with Gasteiger partial charge in [-0.05, 0) is 204 Å². The first-order chi connectivity index (χ1) is 57.2. The van der Waals surface area contributed by atoms with Gasteiger partial charge in [-0.15, -0.1) is 0 Å². The molecule has 0 aliphatic heterocycles. The third kappa shape index (κ3) is 34.7. The SMILES string of the molecule is C.C.C.C.C.C.C.C.C.C.C=CC(=O)OCOc1ccc(-c2ccc(C#N)cc2)cc1.C=CC(=O)OCOc1ccc(C(=O)Oc2ccc3c(c2)C(C)(C)c2cc(OC(=O)c4ccc(OCOC(=O)C=C)cc4C)ccc2-3)c(C)c1.C=CC(=O)OCOc1ccc(CCC(=O)Oc2ccc(OC(=O)CCc3ccc(OCOC(=O)C=C)cc3)c(C(F)(F)F)c2C(F)(F)F)cc1. The lowest BCUT2D eigenvalue weighted by atomic mass is 9.82. The summed E-state index contributed by atoms with van der Waals surface area (Å²) in [6.45, 7) is 22.5. The second kappa shape index (κ2) is 56.1. The second-order valence-electron chi connectivity index (χ2n) is 25.7. The van der Waals surface area contributed by atoms with Gasteiger partial charge in [0.1, 0.15) is 62.9 Å². The number of rotatable bonds is 33. The fourth-order valence-electron chi connectivity index (χ4n) is 11.3. The molecule has 0 saturated heterocycles. The molecule has 30 heteroatoms. The molecule has 130 heavy (non-hydrogen) atoms. The molecule has 0 unspecified atom stereocenters. The van der Waals surface area contributed by atoms with Gasteiger partial charge < -0.3 is 66.3 Å². The molecular weight excluding hydrogens is 1700 g/mol. The summed E-state index contributed by atoms with van der Waals surface area (Å²) in [5, 5.41) is 8.77. The number of nitrogens with zero attached hydrogens (tertiary/aromatic N) is 1. The van der Waals surface area contributed by atoms with Gasteiger partial charge in [0, 0.05) is 48.6 Å². The molecule has 0 fully saturated rings. The number of esters is 9. The van der Waals surface area contributed by atoms with Crippen LogP contribution in [0.15, 0.2) is 245 Å². The van der Waals surface area contributed by atoms with Gasteiger partial charge in [-0.25, -0.2) is 33.6 Å². The maximum Gasteiger partial charge on any atom is 0.420 e. The summed E-state index contributed by atoms with van der Waals surface area (Å²) in [6.07, 6.45) is -7.45. The Morgan fingerprint density at radius 3 is 0.900 bits per heavy atom. The normalized spacial score (nSPS) is 10.4. The Bertz CT molecular complexity index is 5080. The lowest BCUT2D eigenvalue weighted by Crippen LogP contribution is -2.22. The molecule has 9 aromatic rings. The molecule has 1 aliphatic carbocycles. The quantitative estimate of drug-likeness (QED) is 0.00921. The topological polar surface area (TPSA) is 307 Å². The molecule has 0 saturated carbocycles. The van der Waals surface area contributed by atoms with E-state index in [2.05, 4.69) is 62.3 Å². The Labute approximate surface area is 757 Å². The highest BCUT2D eigenvalue weighted by Crippen LogP contribution is 2.52. The Balaban J connectivity index is -0.00000191. The van der Waals surface area contributed by atoms with E-state index in [1.807, 2.05) is 48.5 Å². The van der Waals surface area contributed by atoms with Crippen molar-refractivity contribution in [3.05, 3.63) is 306 Å². The fourth-order valence-corrected chi connectivity index (χ4v) is 11.3. The number of carbonyl (C=O) groups excluding carboxylic acids is 9. The van der Waals surface area contributed by atoms with Crippen molar-refractivity contribution in [1.82, 2.24) is 0 Å². The summed E-state index contributed by atoms with van der Waals surface area (Å²) >= 11 is 0. The summed E-state index contributed by atoms with van der Waals surface area (Å²) in [5.74, 6) is -6.78. The molecule has 0 spiro atoms. The monoisotopic (exact) mass is 1810 g/mol. The molecule has 10 rings (SSSR count). The van der Waals surface area contributed by atoms with Crippen molar-refractivity contribution in [2.24, 2.45) is 0 Å². The molecule has 0 bridgehead atoms. The van der Waals surface area contributed by atoms with Gasteiger partial charge in [-0.2, -0.15) is 31.6 Å². The molecule has 0 radical (unpaired) electrons. The number of fused-ring (bicyclic) bond motifs is 3. The standard InChI is InChI=1S/C39H34O10.C34H28F6O10.C17H13NO3.10CH4/c1-7-35(40)46-21-44-25-9-13-29(23(3)17-25)37(42)48-27-11-15-31-32-16-12-28(20-34(32)39(5,6)33(31)19-27)49-38(43)30-14-10-26(18-24(30)4)45-22-47-36(41)8-2;1-3-27(41)47-19-45-23-11-5-21(6-12-23)9-17-29(43)49-25-15-16-26(32(34(38,39)40)31(25)33(35,36)37)50-30(44)18-10-22-7-13-24(14-8-22)46-20-48-28(42)4-2;1-2-17(19)21-12-20-16-9-7-15(8-10-16)14-5-3-13(11-18)4-6-14;;;;;;;;;;/h7-20H,1-2,21-22H2,3-6H3;3-8,11-16H,1-2,9-10,17-20H2;2-10H,1,12H2;10*1H4. The van der Waals surface area contributed by atoms with E-state index in [-0.39, 0.29) is 119 Å². The van der Waals surface area contributed by atoms with Crippen LogP contribution in [-0.2, 0) is 87.9 Å². The summed E-state index contributed by atoms with van der Waals surface area (Å²) < 4.78 is 156. The second-order valence-corrected chi connectivity index (χ2v) is 25.7. The maximum atomic E-state index is 14.1. The number of nitriles is 1. The van der Waals surface area contributed by atoms with E-state index < -0.39 is 121 Å². The van der Waals surface area contributed by atoms with Crippen LogP contribution in [0.5, 0.6) is 51.7 Å². The average Bonchev–Trinajstić information content (AvgIpc) is 1.55. The number of hydrogen-bond donors (Lipinski definition) is 0. The molecule has 0 aromatic heterocycles. The summed E-state index contributed by atoms with van der Waals surface area (Å²) in [4.78, 5) is 107. The minimum atomic E-state index is -5.67. The number of alkyl halides is 6. The zero-order valence-electron chi connectivity index (χ0n) is 64.7. The largest absolute Gasteiger partial charge is 0.457 e. The Hall–Kier alpha value is -15.0. The van der Waals surface area contributed by atoms with E-state index in [1.54, 1.807) is 86.6 Å². The van der Waals surface area contributed by atoms with Gasteiger partial charge in [0.05, 0.1) is 22.8 Å². The van der Waals surface area contributed by atoms with Gasteiger partial charge in [-0.1, -0.05) is 182 Å². The molecule has 24 nitrogen and oxygen atoms in total. The van der Waals surface area contributed by atoms with Crippen molar-refractivity contribution in [2.75, 3.05) is 34.0 Å². The summed E-state index contributed by atoms with van der Waals surface area (Å²) in [5.41, 5.74) is 4.33. The predicted octanol–water partition coefficient (Wildman–Crippen LogP) is 23.8. The smallest absolute Gasteiger partial charge is 0.420 e. The van der Waals surface area contributed by atoms with Crippen LogP contribution in [0, 0.1) is 25.2 Å². The van der Waals surface area contributed by atoms with Crippen LogP contribution in [0.2, 0.25) is 0 Å². The third-order valence-electron chi connectivity index (χ3n) is 17.3. The Morgan fingerprint density at radius 1 is 0.354 bits per heavy atom. The first kappa shape index (κ1) is 119. The molecule has 0 atom stereocenters. The van der Waals surface area contributed by atoms with Crippen molar-refractivity contribution in [3.8, 4) is 80.1 Å². The number of benzene rings is 9. The molecule has 0 amide bonds. The van der Waals surface area contributed by atoms with Crippen LogP contribution >= 0.6 is 0 Å². The first-order valence-electron chi connectivity index (χ1n) is 35.8. The van der Waals surface area contributed by atoms with E-state index in [1.165, 1.54) is 48.5 Å². The molecule has 0 N–H and O–H groups in total. The van der Waals surface area contributed by atoms with Crippen molar-refractivity contribution >= 4 is 53.7 Å². The van der Waals surface area contributed by atoms with Gasteiger partial charge >= 0.3 is 66.1 Å². The van der Waals surface area contributed by atoms with Crippen LogP contribution in [0.1, 0.15) is 172 Å². The van der Waals surface area contributed by atoms with E-state index in [9.17, 15) is 69.5 Å². The Kier molecular flexibility index (Phi) is 51.4. The van der Waals surface area contributed by atoms with Gasteiger partial charge in [0.25, 0.3) is 0 Å². The number of carbonyl (C=O) groups is 9. The number of halogens is 6. The maximum absolute atomic E-state index is 14.1. The van der Waals surface area contributed by atoms with Crippen LogP contribution in [0.25, 0.3) is 22.3 Å². The minimum absolute atomic E-state index is 0. The zero-order valence-corrected chi connectivity index (χ0v) is 64.7. The minimum Gasteiger partial charge on any atom is -0.457 e. The average molecular weight is 1810 g/mol. The summed E-state index contributed by atoms with van der Waals surface area (Å²) in [6, 6.07) is 50.2.